The van der Waals surface area contributed by atoms with E-state index in [-0.39, 0.29) is 5.78 Å². The van der Waals surface area contributed by atoms with Crippen molar-refractivity contribution in [3.05, 3.63) is 34.3 Å². The van der Waals surface area contributed by atoms with Crippen LogP contribution in [0.5, 0.6) is 0 Å². The summed E-state index contributed by atoms with van der Waals surface area (Å²) >= 11 is 3.44. The van der Waals surface area contributed by atoms with Crippen LogP contribution in [0.4, 0.5) is 0 Å². The second kappa shape index (κ2) is 6.64. The first-order valence-corrected chi connectivity index (χ1v) is 7.50. The van der Waals surface area contributed by atoms with Gasteiger partial charge >= 0.3 is 0 Å². The molecule has 1 aliphatic rings. The highest BCUT2D eigenvalue weighted by atomic mass is 79.9. The molecule has 1 saturated heterocycles. The summed E-state index contributed by atoms with van der Waals surface area (Å²) in [6.07, 6.45) is 1.24. The number of halogens is 1. The van der Waals surface area contributed by atoms with Gasteiger partial charge in [0.05, 0.1) is 6.54 Å². The monoisotopic (exact) mass is 324 g/mol. The lowest BCUT2D eigenvalue weighted by Gasteiger charge is -2.20. The Morgan fingerprint density at radius 1 is 1.47 bits per heavy atom. The molecule has 0 aromatic heterocycles. The average molecular weight is 325 g/mol. The maximum absolute atomic E-state index is 12.2. The third-order valence-electron chi connectivity index (χ3n) is 3.65. The van der Waals surface area contributed by atoms with Crippen LogP contribution in [0.25, 0.3) is 0 Å². The molecule has 0 radical (unpaired) electrons. The number of benzene rings is 1. The normalized spacial score (nSPS) is 20.1. The number of nitrogens with zero attached hydrogens (tertiary/aromatic N) is 2. The number of likely N-dealkylation sites (tertiary alicyclic amines) is 1. The Hall–Kier alpha value is -0.710. The molecule has 1 fully saturated rings. The maximum atomic E-state index is 12.2. The van der Waals surface area contributed by atoms with Gasteiger partial charge in [0.25, 0.3) is 0 Å². The molecule has 1 aromatic rings. The van der Waals surface area contributed by atoms with Crippen LogP contribution < -0.4 is 0 Å². The molecule has 1 atom stereocenters. The van der Waals surface area contributed by atoms with Crippen molar-refractivity contribution < 1.29 is 4.79 Å². The predicted octanol–water partition coefficient (Wildman–Crippen LogP) is 2.52. The molecule has 0 spiro atoms. The number of hydrogen-bond donors (Lipinski definition) is 0. The van der Waals surface area contributed by atoms with Crippen LogP contribution in [0, 0.1) is 5.92 Å². The lowest BCUT2D eigenvalue weighted by molar-refractivity contribution is 0.0937. The highest BCUT2D eigenvalue weighted by Gasteiger charge is 2.21. The standard InChI is InChI=1S/C15H21BrN2O/c1-17-8-7-12(9-17)10-18(2)11-15(19)13-5-3-4-6-14(13)16/h3-6,12H,7-11H2,1-2H3. The Bertz CT molecular complexity index is 450. The van der Waals surface area contributed by atoms with Gasteiger partial charge in [-0.05, 0) is 39.0 Å². The topological polar surface area (TPSA) is 23.6 Å². The summed E-state index contributed by atoms with van der Waals surface area (Å²) in [4.78, 5) is 16.7. The fourth-order valence-corrected chi connectivity index (χ4v) is 3.20. The molecule has 2 rings (SSSR count). The molecule has 104 valence electrons. The Balaban J connectivity index is 1.87. The first-order valence-electron chi connectivity index (χ1n) is 6.71. The van der Waals surface area contributed by atoms with E-state index in [4.69, 9.17) is 0 Å². The quantitative estimate of drug-likeness (QED) is 0.777. The van der Waals surface area contributed by atoms with Gasteiger partial charge in [-0.15, -0.1) is 0 Å². The van der Waals surface area contributed by atoms with Crippen LogP contribution >= 0.6 is 15.9 Å². The van der Waals surface area contributed by atoms with Crippen LogP contribution in [-0.4, -0.2) is 55.9 Å². The number of hydrogen-bond acceptors (Lipinski definition) is 3. The van der Waals surface area contributed by atoms with Gasteiger partial charge in [-0.25, -0.2) is 0 Å². The van der Waals surface area contributed by atoms with Gasteiger partial charge in [0.2, 0.25) is 0 Å². The summed E-state index contributed by atoms with van der Waals surface area (Å²) < 4.78 is 0.883. The Morgan fingerprint density at radius 2 is 2.21 bits per heavy atom. The molecular formula is C15H21BrN2O. The fraction of sp³-hybridized carbons (Fsp3) is 0.533. The van der Waals surface area contributed by atoms with Gasteiger partial charge in [-0.2, -0.15) is 0 Å². The van der Waals surface area contributed by atoms with E-state index in [2.05, 4.69) is 32.8 Å². The fourth-order valence-electron chi connectivity index (χ4n) is 2.70. The highest BCUT2D eigenvalue weighted by Crippen LogP contribution is 2.18. The lowest BCUT2D eigenvalue weighted by atomic mass is 10.1. The van der Waals surface area contributed by atoms with Crippen molar-refractivity contribution in [2.24, 2.45) is 5.92 Å². The summed E-state index contributed by atoms with van der Waals surface area (Å²) in [6, 6.07) is 7.63. The zero-order valence-electron chi connectivity index (χ0n) is 11.6. The van der Waals surface area contributed by atoms with Gasteiger partial charge in [-0.1, -0.05) is 34.1 Å². The molecule has 0 amide bonds. The Kier molecular flexibility index (Phi) is 5.13. The molecule has 0 aliphatic carbocycles. The van der Waals surface area contributed by atoms with Gasteiger partial charge in [0.15, 0.2) is 5.78 Å². The van der Waals surface area contributed by atoms with E-state index < -0.39 is 0 Å². The number of carbonyl (C=O) groups excluding carboxylic acids is 1. The van der Waals surface area contributed by atoms with E-state index in [0.29, 0.717) is 12.5 Å². The lowest BCUT2D eigenvalue weighted by Crippen LogP contribution is -2.32. The molecule has 0 saturated carbocycles. The van der Waals surface area contributed by atoms with E-state index in [0.717, 1.165) is 23.1 Å². The van der Waals surface area contributed by atoms with E-state index in [9.17, 15) is 4.79 Å². The molecule has 3 nitrogen and oxygen atoms in total. The first-order chi connectivity index (χ1) is 9.06. The average Bonchev–Trinajstić information content (AvgIpc) is 2.74. The van der Waals surface area contributed by atoms with Crippen LogP contribution in [0.2, 0.25) is 0 Å². The van der Waals surface area contributed by atoms with Crippen molar-refractivity contribution in [2.75, 3.05) is 40.3 Å². The molecule has 1 unspecified atom stereocenters. The minimum absolute atomic E-state index is 0.182. The number of carbonyl (C=O) groups is 1. The number of Topliss-reactive ketones (excluding diaryl/α,β-unsaturated/α-hetero) is 1. The zero-order chi connectivity index (χ0) is 13.8. The van der Waals surface area contributed by atoms with Crippen molar-refractivity contribution in [3.8, 4) is 0 Å². The van der Waals surface area contributed by atoms with Gasteiger partial charge in [0, 0.05) is 23.1 Å². The van der Waals surface area contributed by atoms with Gasteiger partial charge < -0.3 is 4.90 Å². The van der Waals surface area contributed by atoms with Crippen molar-refractivity contribution in [1.82, 2.24) is 9.80 Å². The second-order valence-corrected chi connectivity index (χ2v) is 6.37. The largest absolute Gasteiger partial charge is 0.306 e. The minimum atomic E-state index is 0.182. The van der Waals surface area contributed by atoms with Crippen LogP contribution in [0.15, 0.2) is 28.7 Å². The van der Waals surface area contributed by atoms with Crippen molar-refractivity contribution in [2.45, 2.75) is 6.42 Å². The highest BCUT2D eigenvalue weighted by molar-refractivity contribution is 9.10. The molecule has 1 heterocycles. The number of rotatable bonds is 5. The number of likely N-dealkylation sites (N-methyl/N-ethyl adjacent to an activating group) is 1. The summed E-state index contributed by atoms with van der Waals surface area (Å²) in [6.45, 7) is 3.81. The third kappa shape index (κ3) is 4.13. The molecule has 1 aliphatic heterocycles. The van der Waals surface area contributed by atoms with E-state index in [1.54, 1.807) is 0 Å². The van der Waals surface area contributed by atoms with Gasteiger partial charge in [-0.3, -0.25) is 9.69 Å². The zero-order valence-corrected chi connectivity index (χ0v) is 13.2. The molecular weight excluding hydrogens is 304 g/mol. The third-order valence-corrected chi connectivity index (χ3v) is 4.34. The molecule has 1 aromatic carbocycles. The summed E-state index contributed by atoms with van der Waals surface area (Å²) in [5.41, 5.74) is 0.776. The maximum Gasteiger partial charge on any atom is 0.177 e. The van der Waals surface area contributed by atoms with Crippen LogP contribution in [0.3, 0.4) is 0 Å². The molecule has 4 heteroatoms. The van der Waals surface area contributed by atoms with Crippen LogP contribution in [-0.2, 0) is 0 Å². The number of ketones is 1. The smallest absolute Gasteiger partial charge is 0.177 e. The van der Waals surface area contributed by atoms with Crippen LogP contribution in [0.1, 0.15) is 16.8 Å². The molecule has 0 bridgehead atoms. The molecule has 0 N–H and O–H groups in total. The summed E-state index contributed by atoms with van der Waals surface area (Å²) in [5.74, 6) is 0.878. The molecule has 19 heavy (non-hydrogen) atoms. The SMILES string of the molecule is CN1CCC(CN(C)CC(=O)c2ccccc2Br)C1. The van der Waals surface area contributed by atoms with Crippen molar-refractivity contribution >= 4 is 21.7 Å². The van der Waals surface area contributed by atoms with Gasteiger partial charge in [0.1, 0.15) is 0 Å². The van der Waals surface area contributed by atoms with Crippen molar-refractivity contribution in [3.63, 3.8) is 0 Å². The minimum Gasteiger partial charge on any atom is -0.306 e. The second-order valence-electron chi connectivity index (χ2n) is 5.52. The summed E-state index contributed by atoms with van der Waals surface area (Å²) in [7, 11) is 4.19. The Morgan fingerprint density at radius 3 is 2.84 bits per heavy atom. The van der Waals surface area contributed by atoms with E-state index in [1.807, 2.05) is 31.3 Å². The summed E-state index contributed by atoms with van der Waals surface area (Å²) in [5, 5.41) is 0. The first kappa shape index (κ1) is 14.7. The van der Waals surface area contributed by atoms with Crippen molar-refractivity contribution in [1.29, 1.82) is 0 Å². The predicted molar refractivity (Wildman–Crippen MR) is 81.6 cm³/mol. The Labute approximate surface area is 123 Å². The van der Waals surface area contributed by atoms with E-state index >= 15 is 0 Å². The van der Waals surface area contributed by atoms with E-state index in [1.165, 1.54) is 13.0 Å².